The van der Waals surface area contributed by atoms with Crippen LogP contribution < -0.4 is 4.74 Å². The monoisotopic (exact) mass is 311 g/mol. The lowest BCUT2D eigenvalue weighted by molar-refractivity contribution is 0.302. The van der Waals surface area contributed by atoms with Crippen LogP contribution in [0.2, 0.25) is 0 Å². The van der Waals surface area contributed by atoms with Gasteiger partial charge in [-0.25, -0.2) is 4.39 Å². The molecule has 0 amide bonds. The quantitative estimate of drug-likeness (QED) is 0.685. The van der Waals surface area contributed by atoms with Crippen molar-refractivity contribution in [3.63, 3.8) is 0 Å². The van der Waals surface area contributed by atoms with Crippen LogP contribution in [0.3, 0.4) is 0 Å². The zero-order valence-electron chi connectivity index (χ0n) is 13.9. The van der Waals surface area contributed by atoms with Crippen molar-refractivity contribution in [3.8, 4) is 11.8 Å². The average molecular weight is 311 g/mol. The largest absolute Gasteiger partial charge is 0.493 e. The van der Waals surface area contributed by atoms with Crippen LogP contribution in [0.1, 0.15) is 41.0 Å². The summed E-state index contributed by atoms with van der Waals surface area (Å²) < 4.78 is 18.8. The summed E-state index contributed by atoms with van der Waals surface area (Å²) in [6.45, 7) is 6.77. The number of nitrogens with zero attached hydrogens (tertiary/aromatic N) is 1. The van der Waals surface area contributed by atoms with Gasteiger partial charge in [-0.05, 0) is 74.1 Å². The van der Waals surface area contributed by atoms with Gasteiger partial charge < -0.3 is 4.74 Å². The Hall–Kier alpha value is -2.34. The molecular weight excluding hydrogens is 289 g/mol. The van der Waals surface area contributed by atoms with Crippen molar-refractivity contribution < 1.29 is 9.13 Å². The summed E-state index contributed by atoms with van der Waals surface area (Å²) in [5.74, 6) is 0.405. The highest BCUT2D eigenvalue weighted by Gasteiger charge is 2.11. The smallest absolute Gasteiger partial charge is 0.123 e. The molecule has 0 heterocycles. The van der Waals surface area contributed by atoms with Gasteiger partial charge >= 0.3 is 0 Å². The van der Waals surface area contributed by atoms with Gasteiger partial charge in [-0.15, -0.1) is 0 Å². The highest BCUT2D eigenvalue weighted by Crippen LogP contribution is 2.24. The fraction of sp³-hybridized carbons (Fsp3) is 0.350. The van der Waals surface area contributed by atoms with Crippen LogP contribution in [-0.4, -0.2) is 6.61 Å². The molecule has 0 radical (unpaired) electrons. The van der Waals surface area contributed by atoms with Gasteiger partial charge in [-0.1, -0.05) is 18.2 Å². The first-order chi connectivity index (χ1) is 11.0. The molecule has 23 heavy (non-hydrogen) atoms. The molecule has 3 heteroatoms. The van der Waals surface area contributed by atoms with Crippen molar-refractivity contribution in [2.75, 3.05) is 6.61 Å². The van der Waals surface area contributed by atoms with Gasteiger partial charge in [0.2, 0.25) is 0 Å². The van der Waals surface area contributed by atoms with Crippen LogP contribution >= 0.6 is 0 Å². The van der Waals surface area contributed by atoms with E-state index < -0.39 is 0 Å². The molecule has 0 aliphatic carbocycles. The molecule has 0 N–H and O–H groups in total. The Morgan fingerprint density at radius 1 is 1.04 bits per heavy atom. The summed E-state index contributed by atoms with van der Waals surface area (Å²) >= 11 is 0. The van der Waals surface area contributed by atoms with Crippen LogP contribution in [-0.2, 0) is 0 Å². The standard InChI is InChI=1S/C20H22FNO/c1-14-11-16(3)20(12-15(14)2)23-10-4-5-18(13-22)17-6-8-19(21)9-7-17/h6-9,11-12,18H,4-5,10H2,1-3H3. The first-order valence-corrected chi connectivity index (χ1v) is 7.87. The predicted molar refractivity (Wildman–Crippen MR) is 90.1 cm³/mol. The van der Waals surface area contributed by atoms with Gasteiger partial charge in [0.25, 0.3) is 0 Å². The van der Waals surface area contributed by atoms with Gasteiger partial charge in [-0.3, -0.25) is 0 Å². The number of rotatable bonds is 6. The second kappa shape index (κ2) is 7.78. The first kappa shape index (κ1) is 17.0. The maximum atomic E-state index is 12.9. The van der Waals surface area contributed by atoms with E-state index in [1.165, 1.54) is 23.3 Å². The minimum absolute atomic E-state index is 0.222. The van der Waals surface area contributed by atoms with E-state index in [1.807, 2.05) is 6.92 Å². The van der Waals surface area contributed by atoms with E-state index in [2.05, 4.69) is 32.0 Å². The lowest BCUT2D eigenvalue weighted by Gasteiger charge is -2.13. The zero-order chi connectivity index (χ0) is 16.8. The Kier molecular flexibility index (Phi) is 5.76. The molecule has 0 saturated heterocycles. The second-order valence-corrected chi connectivity index (χ2v) is 5.93. The highest BCUT2D eigenvalue weighted by molar-refractivity contribution is 5.40. The van der Waals surface area contributed by atoms with Crippen molar-refractivity contribution in [2.45, 2.75) is 39.5 Å². The van der Waals surface area contributed by atoms with Crippen molar-refractivity contribution in [1.82, 2.24) is 0 Å². The number of hydrogen-bond donors (Lipinski definition) is 0. The molecule has 0 aliphatic heterocycles. The topological polar surface area (TPSA) is 33.0 Å². The van der Waals surface area contributed by atoms with Crippen molar-refractivity contribution in [3.05, 3.63) is 64.5 Å². The van der Waals surface area contributed by atoms with Gasteiger partial charge in [0.15, 0.2) is 0 Å². The Balaban J connectivity index is 1.88. The summed E-state index contributed by atoms with van der Waals surface area (Å²) in [6.07, 6.45) is 1.48. The van der Waals surface area contributed by atoms with Crippen LogP contribution in [0, 0.1) is 37.9 Å². The summed E-state index contributed by atoms with van der Waals surface area (Å²) in [5.41, 5.74) is 4.46. The summed E-state index contributed by atoms with van der Waals surface area (Å²) in [5, 5.41) is 9.29. The predicted octanol–water partition coefficient (Wildman–Crippen LogP) is 5.22. The Bertz CT molecular complexity index is 701. The molecule has 120 valence electrons. The summed E-state index contributed by atoms with van der Waals surface area (Å²) in [7, 11) is 0. The first-order valence-electron chi connectivity index (χ1n) is 7.87. The van der Waals surface area contributed by atoms with E-state index in [0.717, 1.165) is 23.3 Å². The molecule has 1 unspecified atom stereocenters. The molecule has 0 aromatic heterocycles. The minimum Gasteiger partial charge on any atom is -0.493 e. The summed E-state index contributed by atoms with van der Waals surface area (Å²) in [6, 6.07) is 12.6. The van der Waals surface area contributed by atoms with E-state index >= 15 is 0 Å². The highest BCUT2D eigenvalue weighted by atomic mass is 19.1. The number of benzene rings is 2. The fourth-order valence-electron chi connectivity index (χ4n) is 2.56. The lowest BCUT2D eigenvalue weighted by atomic mass is 9.96. The second-order valence-electron chi connectivity index (χ2n) is 5.93. The lowest BCUT2D eigenvalue weighted by Crippen LogP contribution is -2.03. The maximum absolute atomic E-state index is 12.9. The third-order valence-electron chi connectivity index (χ3n) is 4.11. The van der Waals surface area contributed by atoms with E-state index in [1.54, 1.807) is 12.1 Å². The van der Waals surface area contributed by atoms with Gasteiger partial charge in [0, 0.05) is 0 Å². The van der Waals surface area contributed by atoms with E-state index in [9.17, 15) is 9.65 Å². The molecule has 0 bridgehead atoms. The van der Waals surface area contributed by atoms with Crippen LogP contribution in [0.4, 0.5) is 4.39 Å². The van der Waals surface area contributed by atoms with E-state index in [-0.39, 0.29) is 11.7 Å². The molecule has 0 fully saturated rings. The van der Waals surface area contributed by atoms with Gasteiger partial charge in [-0.2, -0.15) is 5.26 Å². The Labute approximate surface area is 137 Å². The number of aryl methyl sites for hydroxylation is 3. The minimum atomic E-state index is -0.279. The molecular formula is C20H22FNO. The van der Waals surface area contributed by atoms with Crippen LogP contribution in [0.5, 0.6) is 5.75 Å². The van der Waals surface area contributed by atoms with Crippen molar-refractivity contribution in [2.24, 2.45) is 0 Å². The van der Waals surface area contributed by atoms with Gasteiger partial charge in [0.1, 0.15) is 11.6 Å². The average Bonchev–Trinajstić information content (AvgIpc) is 2.53. The molecule has 2 aromatic rings. The molecule has 1 atom stereocenters. The zero-order valence-corrected chi connectivity index (χ0v) is 13.9. The summed E-state index contributed by atoms with van der Waals surface area (Å²) in [4.78, 5) is 0. The van der Waals surface area contributed by atoms with Gasteiger partial charge in [0.05, 0.1) is 18.6 Å². The Morgan fingerprint density at radius 3 is 2.35 bits per heavy atom. The van der Waals surface area contributed by atoms with E-state index in [0.29, 0.717) is 13.0 Å². The van der Waals surface area contributed by atoms with E-state index in [4.69, 9.17) is 4.74 Å². The number of ether oxygens (including phenoxy) is 1. The van der Waals surface area contributed by atoms with Crippen LogP contribution in [0.15, 0.2) is 36.4 Å². The maximum Gasteiger partial charge on any atom is 0.123 e. The third kappa shape index (κ3) is 4.56. The molecule has 0 aliphatic rings. The van der Waals surface area contributed by atoms with Crippen molar-refractivity contribution >= 4 is 0 Å². The molecule has 0 saturated carbocycles. The number of halogens is 1. The molecule has 2 aromatic carbocycles. The SMILES string of the molecule is Cc1cc(C)c(OCCCC(C#N)c2ccc(F)cc2)cc1C. The van der Waals surface area contributed by atoms with Crippen molar-refractivity contribution in [1.29, 1.82) is 5.26 Å². The molecule has 0 spiro atoms. The normalized spacial score (nSPS) is 11.8. The van der Waals surface area contributed by atoms with Crippen LogP contribution in [0.25, 0.3) is 0 Å². The third-order valence-corrected chi connectivity index (χ3v) is 4.11. The number of nitriles is 1. The molecule has 2 rings (SSSR count). The number of hydrogen-bond acceptors (Lipinski definition) is 2. The fourth-order valence-corrected chi connectivity index (χ4v) is 2.56. The Morgan fingerprint density at radius 2 is 1.70 bits per heavy atom. The molecule has 2 nitrogen and oxygen atoms in total.